The highest BCUT2D eigenvalue weighted by Gasteiger charge is 2.35. The molecule has 1 amide bonds. The smallest absolute Gasteiger partial charge is 0.367 e. The van der Waals surface area contributed by atoms with Gasteiger partial charge in [-0.2, -0.15) is 13.2 Å². The highest BCUT2D eigenvalue weighted by molar-refractivity contribution is 6.07. The molecule has 9 heteroatoms. The predicted molar refractivity (Wildman–Crippen MR) is 123 cm³/mol. The molecule has 0 spiro atoms. The summed E-state index contributed by atoms with van der Waals surface area (Å²) in [6.07, 6.45) is -5.14. The van der Waals surface area contributed by atoms with Crippen LogP contribution >= 0.6 is 0 Å². The third-order valence-corrected chi connectivity index (χ3v) is 6.07. The molecule has 6 nitrogen and oxygen atoms in total. The van der Waals surface area contributed by atoms with Gasteiger partial charge < -0.3 is 14.2 Å². The summed E-state index contributed by atoms with van der Waals surface area (Å²) in [5, 5.41) is 4.30. The van der Waals surface area contributed by atoms with Crippen molar-refractivity contribution in [2.45, 2.75) is 32.2 Å². The van der Waals surface area contributed by atoms with E-state index in [9.17, 15) is 18.0 Å². The summed E-state index contributed by atoms with van der Waals surface area (Å²) < 4.78 is 52.4. The van der Waals surface area contributed by atoms with Crippen molar-refractivity contribution in [2.24, 2.45) is 0 Å². The van der Waals surface area contributed by atoms with E-state index in [1.807, 2.05) is 37.3 Å². The van der Waals surface area contributed by atoms with Crippen molar-refractivity contribution in [1.29, 1.82) is 0 Å². The Morgan fingerprint density at radius 2 is 1.77 bits per heavy atom. The van der Waals surface area contributed by atoms with Gasteiger partial charge in [0.1, 0.15) is 6.10 Å². The van der Waals surface area contributed by atoms with Crippen molar-refractivity contribution < 1.29 is 27.2 Å². The quantitative estimate of drug-likeness (QED) is 0.369. The second-order valence-electron chi connectivity index (χ2n) is 8.60. The lowest BCUT2D eigenvalue weighted by Crippen LogP contribution is -2.46. The van der Waals surface area contributed by atoms with E-state index in [4.69, 9.17) is 9.26 Å². The number of rotatable bonds is 3. The summed E-state index contributed by atoms with van der Waals surface area (Å²) in [4.78, 5) is 19.7. The first kappa shape index (κ1) is 23.0. The molecule has 0 radical (unpaired) electrons. The summed E-state index contributed by atoms with van der Waals surface area (Å²) in [5.41, 5.74) is 0.604. The highest BCUT2D eigenvalue weighted by Crippen LogP contribution is 2.38. The number of halogens is 3. The number of hydrogen-bond acceptors (Lipinski definition) is 5. The molecule has 1 aliphatic heterocycles. The molecule has 180 valence electrons. The number of ether oxygens (including phenoxy) is 1. The van der Waals surface area contributed by atoms with Crippen LogP contribution in [0.1, 0.15) is 40.2 Å². The fourth-order valence-electron chi connectivity index (χ4n) is 4.49. The predicted octanol–water partition coefficient (Wildman–Crippen LogP) is 5.82. The Labute approximate surface area is 199 Å². The molecule has 2 atom stereocenters. The summed E-state index contributed by atoms with van der Waals surface area (Å²) in [5.74, 6) is -0.342. The van der Waals surface area contributed by atoms with Crippen molar-refractivity contribution >= 4 is 17.0 Å². The summed E-state index contributed by atoms with van der Waals surface area (Å²) in [6, 6.07) is 16.1. The van der Waals surface area contributed by atoms with Gasteiger partial charge in [0, 0.05) is 12.1 Å². The Kier molecular flexibility index (Phi) is 5.80. The number of fused-ring (bicyclic) bond motifs is 1. The van der Waals surface area contributed by atoms with Crippen LogP contribution in [-0.2, 0) is 10.9 Å². The number of morpholine rings is 1. The van der Waals surface area contributed by atoms with E-state index in [0.29, 0.717) is 24.2 Å². The number of benzene rings is 2. The molecular formula is C26H22F3N3O3. The normalized spacial score (nSPS) is 18.7. The maximum atomic E-state index is 13.8. The van der Waals surface area contributed by atoms with E-state index < -0.39 is 11.7 Å². The molecule has 0 N–H and O–H groups in total. The van der Waals surface area contributed by atoms with Gasteiger partial charge in [0.05, 0.1) is 40.5 Å². The number of hydrogen-bond donors (Lipinski definition) is 0. The van der Waals surface area contributed by atoms with Crippen LogP contribution in [0.2, 0.25) is 0 Å². The molecule has 2 unspecified atom stereocenters. The van der Waals surface area contributed by atoms with Gasteiger partial charge in [0.15, 0.2) is 0 Å². The van der Waals surface area contributed by atoms with Crippen molar-refractivity contribution in [3.8, 4) is 11.3 Å². The molecule has 1 saturated heterocycles. The zero-order valence-electron chi connectivity index (χ0n) is 19.0. The van der Waals surface area contributed by atoms with Crippen LogP contribution in [0.3, 0.4) is 0 Å². The minimum Gasteiger partial charge on any atom is -0.367 e. The Balaban J connectivity index is 1.59. The van der Waals surface area contributed by atoms with E-state index in [1.165, 1.54) is 24.3 Å². The number of pyridine rings is 1. The Morgan fingerprint density at radius 1 is 1.06 bits per heavy atom. The summed E-state index contributed by atoms with van der Waals surface area (Å²) in [6.45, 7) is 4.19. The van der Waals surface area contributed by atoms with Gasteiger partial charge in [-0.3, -0.25) is 4.79 Å². The summed E-state index contributed by atoms with van der Waals surface area (Å²) >= 11 is 0. The third kappa shape index (κ3) is 4.39. The molecule has 2 aromatic carbocycles. The number of nitrogens with zero attached hydrogens (tertiary/aromatic N) is 3. The molecule has 1 fully saturated rings. The van der Waals surface area contributed by atoms with Gasteiger partial charge >= 0.3 is 6.18 Å². The topological polar surface area (TPSA) is 68.5 Å². The number of carbonyl (C=O) groups is 1. The van der Waals surface area contributed by atoms with E-state index in [1.54, 1.807) is 11.8 Å². The van der Waals surface area contributed by atoms with Crippen molar-refractivity contribution in [3.05, 3.63) is 83.0 Å². The van der Waals surface area contributed by atoms with Gasteiger partial charge in [0.2, 0.25) is 0 Å². The van der Waals surface area contributed by atoms with Crippen LogP contribution in [-0.4, -0.2) is 40.1 Å². The molecular weight excluding hydrogens is 459 g/mol. The van der Waals surface area contributed by atoms with Gasteiger partial charge in [-0.15, -0.1) is 0 Å². The molecule has 1 aliphatic rings. The minimum absolute atomic E-state index is 0.00848. The lowest BCUT2D eigenvalue weighted by molar-refractivity contribution is -0.137. The van der Waals surface area contributed by atoms with Gasteiger partial charge in [-0.05, 0) is 31.5 Å². The van der Waals surface area contributed by atoms with Crippen molar-refractivity contribution in [2.75, 3.05) is 13.1 Å². The van der Waals surface area contributed by atoms with Crippen molar-refractivity contribution in [1.82, 2.24) is 15.0 Å². The first-order valence-corrected chi connectivity index (χ1v) is 11.2. The standard InChI is InChI=1S/C26H22F3N3O3/c1-15-13-32(14-22(34-15)17-8-4-3-5-9-17)25(33)19-12-21(30-24-23(19)16(2)31-35-24)18-10-6-7-11-20(18)26(27,28)29/h3-12,15,22H,13-14H2,1-2H3. The number of amides is 1. The van der Waals surface area contributed by atoms with Gasteiger partial charge in [-0.25, -0.2) is 4.98 Å². The lowest BCUT2D eigenvalue weighted by atomic mass is 9.99. The first-order chi connectivity index (χ1) is 16.7. The Morgan fingerprint density at radius 3 is 2.51 bits per heavy atom. The van der Waals surface area contributed by atoms with E-state index in [0.717, 1.165) is 11.6 Å². The number of aromatic nitrogens is 2. The average Bonchev–Trinajstić information content (AvgIpc) is 3.23. The third-order valence-electron chi connectivity index (χ3n) is 6.07. The maximum Gasteiger partial charge on any atom is 0.417 e. The fraction of sp³-hybridized carbons (Fsp3) is 0.269. The van der Waals surface area contributed by atoms with Crippen LogP contribution in [0, 0.1) is 6.92 Å². The molecule has 0 bridgehead atoms. The van der Waals surface area contributed by atoms with Gasteiger partial charge in [-0.1, -0.05) is 53.7 Å². The van der Waals surface area contributed by atoms with Gasteiger partial charge in [0.25, 0.3) is 11.6 Å². The number of alkyl halides is 3. The summed E-state index contributed by atoms with van der Waals surface area (Å²) in [7, 11) is 0. The zero-order valence-corrected chi connectivity index (χ0v) is 19.0. The van der Waals surface area contributed by atoms with E-state index in [2.05, 4.69) is 10.1 Å². The minimum atomic E-state index is -4.59. The fourth-order valence-corrected chi connectivity index (χ4v) is 4.49. The van der Waals surface area contributed by atoms with Crippen LogP contribution in [0.5, 0.6) is 0 Å². The van der Waals surface area contributed by atoms with Crippen LogP contribution in [0.15, 0.2) is 65.2 Å². The monoisotopic (exact) mass is 481 g/mol. The molecule has 0 saturated carbocycles. The first-order valence-electron chi connectivity index (χ1n) is 11.2. The van der Waals surface area contributed by atoms with E-state index in [-0.39, 0.29) is 40.6 Å². The van der Waals surface area contributed by atoms with Crippen LogP contribution in [0.4, 0.5) is 13.2 Å². The molecule has 3 heterocycles. The molecule has 35 heavy (non-hydrogen) atoms. The number of carbonyl (C=O) groups excluding carboxylic acids is 1. The Bertz CT molecular complexity index is 1390. The van der Waals surface area contributed by atoms with Crippen molar-refractivity contribution in [3.63, 3.8) is 0 Å². The molecule has 0 aliphatic carbocycles. The zero-order chi connectivity index (χ0) is 24.7. The lowest BCUT2D eigenvalue weighted by Gasteiger charge is -2.37. The van der Waals surface area contributed by atoms with E-state index >= 15 is 0 Å². The van der Waals surface area contributed by atoms with Crippen LogP contribution < -0.4 is 0 Å². The largest absolute Gasteiger partial charge is 0.417 e. The Hall–Kier alpha value is -3.72. The maximum absolute atomic E-state index is 13.8. The molecule has 2 aromatic heterocycles. The highest BCUT2D eigenvalue weighted by atomic mass is 19.4. The molecule has 5 rings (SSSR count). The second kappa shape index (κ2) is 8.81. The second-order valence-corrected chi connectivity index (χ2v) is 8.60. The SMILES string of the molecule is Cc1noc2nc(-c3ccccc3C(F)(F)F)cc(C(=O)N3CC(C)OC(c4ccccc4)C3)c12. The van der Waals surface area contributed by atoms with Crippen LogP contribution in [0.25, 0.3) is 22.4 Å². The molecule has 4 aromatic rings. The number of aryl methyl sites for hydroxylation is 1. The average molecular weight is 481 g/mol.